The summed E-state index contributed by atoms with van der Waals surface area (Å²) in [5.74, 6) is 0.228. The van der Waals surface area contributed by atoms with Gasteiger partial charge in [0, 0.05) is 17.3 Å². The minimum Gasteiger partial charge on any atom is -0.393 e. The first-order valence-electron chi connectivity index (χ1n) is 6.75. The Hall–Kier alpha value is -0.870. The van der Waals surface area contributed by atoms with Crippen molar-refractivity contribution in [1.29, 1.82) is 0 Å². The molecule has 1 amide bonds. The molecular formula is C14H21NO2S. The van der Waals surface area contributed by atoms with Crippen LogP contribution in [0.3, 0.4) is 0 Å². The van der Waals surface area contributed by atoms with Crippen LogP contribution in [-0.4, -0.2) is 23.7 Å². The summed E-state index contributed by atoms with van der Waals surface area (Å²) in [6.07, 6.45) is 4.89. The first-order valence-corrected chi connectivity index (χ1v) is 7.57. The molecule has 1 saturated carbocycles. The maximum Gasteiger partial charge on any atom is 0.261 e. The van der Waals surface area contributed by atoms with E-state index in [2.05, 4.69) is 12.2 Å². The predicted octanol–water partition coefficient (Wildman–Crippen LogP) is 2.59. The smallest absolute Gasteiger partial charge is 0.261 e. The van der Waals surface area contributed by atoms with Crippen LogP contribution in [0, 0.1) is 5.92 Å². The highest BCUT2D eigenvalue weighted by Gasteiger charge is 2.23. The maximum atomic E-state index is 11.9. The van der Waals surface area contributed by atoms with Crippen LogP contribution in [0.1, 0.15) is 47.2 Å². The van der Waals surface area contributed by atoms with Gasteiger partial charge in [0.25, 0.3) is 5.91 Å². The van der Waals surface area contributed by atoms with E-state index in [0.717, 1.165) is 37.0 Å². The van der Waals surface area contributed by atoms with Gasteiger partial charge in [-0.1, -0.05) is 19.8 Å². The largest absolute Gasteiger partial charge is 0.393 e. The molecule has 1 aromatic rings. The molecule has 0 radical (unpaired) electrons. The maximum absolute atomic E-state index is 11.9. The molecule has 2 atom stereocenters. The number of aliphatic hydroxyl groups excluding tert-OH is 1. The summed E-state index contributed by atoms with van der Waals surface area (Å²) in [5.41, 5.74) is 0. The molecule has 1 aliphatic carbocycles. The van der Waals surface area contributed by atoms with Gasteiger partial charge in [0.1, 0.15) is 0 Å². The van der Waals surface area contributed by atoms with E-state index in [9.17, 15) is 9.90 Å². The second kappa shape index (κ2) is 6.34. The fraction of sp³-hybridized carbons (Fsp3) is 0.643. The number of aliphatic hydroxyl groups is 1. The number of hydrogen-bond acceptors (Lipinski definition) is 3. The number of carbonyl (C=O) groups is 1. The third-order valence-corrected chi connectivity index (χ3v) is 4.86. The van der Waals surface area contributed by atoms with E-state index in [-0.39, 0.29) is 17.9 Å². The van der Waals surface area contributed by atoms with Crippen LogP contribution >= 0.6 is 11.3 Å². The summed E-state index contributed by atoms with van der Waals surface area (Å²) in [6, 6.07) is 3.89. The number of thiophene rings is 1. The van der Waals surface area contributed by atoms with Crippen molar-refractivity contribution in [2.24, 2.45) is 5.92 Å². The Morgan fingerprint density at radius 3 is 2.89 bits per heavy atom. The van der Waals surface area contributed by atoms with Gasteiger partial charge in [-0.15, -0.1) is 11.3 Å². The van der Waals surface area contributed by atoms with Gasteiger partial charge in [-0.05, 0) is 31.4 Å². The quantitative estimate of drug-likeness (QED) is 0.881. The minimum atomic E-state index is -0.242. The number of nitrogens with one attached hydrogen (secondary N) is 1. The van der Waals surface area contributed by atoms with E-state index in [1.54, 1.807) is 11.3 Å². The average molecular weight is 267 g/mol. The fourth-order valence-corrected chi connectivity index (χ4v) is 3.29. The van der Waals surface area contributed by atoms with Crippen molar-refractivity contribution >= 4 is 17.2 Å². The van der Waals surface area contributed by atoms with Gasteiger partial charge in [-0.3, -0.25) is 4.79 Å². The summed E-state index contributed by atoms with van der Waals surface area (Å²) < 4.78 is 0. The van der Waals surface area contributed by atoms with E-state index in [0.29, 0.717) is 6.54 Å². The monoisotopic (exact) mass is 267 g/mol. The first kappa shape index (κ1) is 13.6. The molecule has 0 spiro atoms. The van der Waals surface area contributed by atoms with Gasteiger partial charge in [0.05, 0.1) is 11.0 Å². The van der Waals surface area contributed by atoms with E-state index in [1.165, 1.54) is 4.88 Å². The van der Waals surface area contributed by atoms with Crippen LogP contribution in [-0.2, 0) is 6.42 Å². The van der Waals surface area contributed by atoms with Crippen LogP contribution in [0.2, 0.25) is 0 Å². The van der Waals surface area contributed by atoms with Crippen molar-refractivity contribution in [1.82, 2.24) is 5.32 Å². The Bertz CT molecular complexity index is 402. The van der Waals surface area contributed by atoms with E-state index in [1.807, 2.05) is 12.1 Å². The first-order chi connectivity index (χ1) is 8.70. The van der Waals surface area contributed by atoms with E-state index >= 15 is 0 Å². The molecule has 1 aromatic heterocycles. The lowest BCUT2D eigenvalue weighted by Gasteiger charge is -2.27. The second-order valence-electron chi connectivity index (χ2n) is 4.94. The third-order valence-electron chi connectivity index (χ3n) is 3.63. The highest BCUT2D eigenvalue weighted by atomic mass is 32.1. The molecular weight excluding hydrogens is 246 g/mol. The Morgan fingerprint density at radius 2 is 2.22 bits per heavy atom. The van der Waals surface area contributed by atoms with Crippen LogP contribution in [0.25, 0.3) is 0 Å². The van der Waals surface area contributed by atoms with E-state index in [4.69, 9.17) is 0 Å². The molecule has 0 bridgehead atoms. The third kappa shape index (κ3) is 3.33. The van der Waals surface area contributed by atoms with Gasteiger partial charge in [-0.25, -0.2) is 0 Å². The molecule has 18 heavy (non-hydrogen) atoms. The molecule has 2 unspecified atom stereocenters. The highest BCUT2D eigenvalue weighted by Crippen LogP contribution is 2.24. The molecule has 3 nitrogen and oxygen atoms in total. The zero-order chi connectivity index (χ0) is 13.0. The molecule has 100 valence electrons. The molecule has 1 fully saturated rings. The lowest BCUT2D eigenvalue weighted by Crippen LogP contribution is -2.36. The number of aryl methyl sites for hydroxylation is 1. The molecule has 2 rings (SSSR count). The summed E-state index contributed by atoms with van der Waals surface area (Å²) in [5, 5.41) is 12.8. The number of carbonyl (C=O) groups excluding carboxylic acids is 1. The van der Waals surface area contributed by atoms with Gasteiger partial charge >= 0.3 is 0 Å². The Balaban J connectivity index is 1.84. The van der Waals surface area contributed by atoms with Crippen molar-refractivity contribution in [3.8, 4) is 0 Å². The summed E-state index contributed by atoms with van der Waals surface area (Å²) in [6.45, 7) is 2.69. The molecule has 1 heterocycles. The van der Waals surface area contributed by atoms with E-state index < -0.39 is 0 Å². The van der Waals surface area contributed by atoms with Crippen molar-refractivity contribution in [3.05, 3.63) is 21.9 Å². The number of rotatable bonds is 4. The molecule has 4 heteroatoms. The summed E-state index contributed by atoms with van der Waals surface area (Å²) >= 11 is 1.55. The normalized spacial score (nSPS) is 23.9. The fourth-order valence-electron chi connectivity index (χ4n) is 2.43. The zero-order valence-electron chi connectivity index (χ0n) is 10.8. The summed E-state index contributed by atoms with van der Waals surface area (Å²) in [7, 11) is 0. The predicted molar refractivity (Wildman–Crippen MR) is 74.0 cm³/mol. The second-order valence-corrected chi connectivity index (χ2v) is 6.11. The minimum absolute atomic E-state index is 0.00234. The number of amides is 1. The average Bonchev–Trinajstić information content (AvgIpc) is 2.86. The Kier molecular flexibility index (Phi) is 4.78. The van der Waals surface area contributed by atoms with Crippen LogP contribution in [0.15, 0.2) is 12.1 Å². The van der Waals surface area contributed by atoms with Gasteiger partial charge < -0.3 is 10.4 Å². The summed E-state index contributed by atoms with van der Waals surface area (Å²) in [4.78, 5) is 14.0. The molecule has 0 aromatic carbocycles. The molecule has 0 saturated heterocycles. The lowest BCUT2D eigenvalue weighted by molar-refractivity contribution is 0.0664. The topological polar surface area (TPSA) is 49.3 Å². The van der Waals surface area contributed by atoms with Crippen molar-refractivity contribution < 1.29 is 9.90 Å². The number of hydrogen-bond donors (Lipinski definition) is 2. The molecule has 0 aliphatic heterocycles. The molecule has 2 N–H and O–H groups in total. The van der Waals surface area contributed by atoms with Crippen LogP contribution in [0.4, 0.5) is 0 Å². The molecule has 1 aliphatic rings. The SMILES string of the molecule is CCc1ccc(C(=O)NCC2CCCCC2O)s1. The Labute approximate surface area is 112 Å². The lowest BCUT2D eigenvalue weighted by atomic mass is 9.86. The zero-order valence-corrected chi connectivity index (χ0v) is 11.6. The van der Waals surface area contributed by atoms with Crippen molar-refractivity contribution in [2.75, 3.05) is 6.54 Å². The van der Waals surface area contributed by atoms with Crippen molar-refractivity contribution in [3.63, 3.8) is 0 Å². The van der Waals surface area contributed by atoms with Gasteiger partial charge in [-0.2, -0.15) is 0 Å². The Morgan fingerprint density at radius 1 is 1.44 bits per heavy atom. The van der Waals surface area contributed by atoms with Gasteiger partial charge in [0.2, 0.25) is 0 Å². The standard InChI is InChI=1S/C14H21NO2S/c1-2-11-7-8-13(18-11)14(17)15-9-10-5-3-4-6-12(10)16/h7-8,10,12,16H,2-6,9H2,1H3,(H,15,17). The van der Waals surface area contributed by atoms with Gasteiger partial charge in [0.15, 0.2) is 0 Å². The van der Waals surface area contributed by atoms with Crippen LogP contribution in [0.5, 0.6) is 0 Å². The highest BCUT2D eigenvalue weighted by molar-refractivity contribution is 7.14. The van der Waals surface area contributed by atoms with Crippen molar-refractivity contribution in [2.45, 2.75) is 45.1 Å². The van der Waals surface area contributed by atoms with Crippen LogP contribution < -0.4 is 5.32 Å².